The smallest absolute Gasteiger partial charge is 0.251 e. The van der Waals surface area contributed by atoms with Crippen LogP contribution in [0, 0.1) is 5.41 Å². The van der Waals surface area contributed by atoms with E-state index in [1.807, 2.05) is 0 Å². The van der Waals surface area contributed by atoms with Crippen molar-refractivity contribution in [1.82, 2.24) is 5.32 Å². The van der Waals surface area contributed by atoms with Crippen molar-refractivity contribution in [2.75, 3.05) is 19.5 Å². The van der Waals surface area contributed by atoms with Crippen molar-refractivity contribution in [1.29, 1.82) is 0 Å². The third-order valence-electron chi connectivity index (χ3n) is 3.62. The number of carbonyl (C=O) groups is 1. The van der Waals surface area contributed by atoms with Gasteiger partial charge in [-0.1, -0.05) is 0 Å². The quantitative estimate of drug-likeness (QED) is 0.799. The Labute approximate surface area is 126 Å². The zero-order valence-electron chi connectivity index (χ0n) is 10.8. The van der Waals surface area contributed by atoms with E-state index >= 15 is 0 Å². The molecule has 0 heterocycles. The van der Waals surface area contributed by atoms with E-state index in [9.17, 15) is 4.79 Å². The van der Waals surface area contributed by atoms with Gasteiger partial charge in [-0.05, 0) is 58.8 Å². The Balaban J connectivity index is 1.95. The Morgan fingerprint density at radius 2 is 2.26 bits per heavy atom. The van der Waals surface area contributed by atoms with E-state index in [1.165, 1.54) is 0 Å². The number of amides is 1. The van der Waals surface area contributed by atoms with E-state index in [0.717, 1.165) is 29.5 Å². The molecular weight excluding hydrogens is 330 g/mol. The SMILES string of the molecule is COc1ccc(C(=O)NCC2(CCCl)CC2)cc1Br. The van der Waals surface area contributed by atoms with Gasteiger partial charge in [0.25, 0.3) is 5.91 Å². The Morgan fingerprint density at radius 3 is 2.79 bits per heavy atom. The lowest BCUT2D eigenvalue weighted by Crippen LogP contribution is -2.30. The van der Waals surface area contributed by atoms with Crippen molar-refractivity contribution < 1.29 is 9.53 Å². The fraction of sp³-hybridized carbons (Fsp3) is 0.500. The molecule has 1 saturated carbocycles. The third kappa shape index (κ3) is 3.63. The van der Waals surface area contributed by atoms with Crippen molar-refractivity contribution in [3.63, 3.8) is 0 Å². The zero-order valence-corrected chi connectivity index (χ0v) is 13.2. The number of alkyl halides is 1. The van der Waals surface area contributed by atoms with Crippen LogP contribution in [0.4, 0.5) is 0 Å². The lowest BCUT2D eigenvalue weighted by atomic mass is 10.0. The molecule has 2 rings (SSSR count). The highest BCUT2D eigenvalue weighted by Crippen LogP contribution is 2.48. The standard InChI is InChI=1S/C14H17BrClNO2/c1-19-12-3-2-10(8-11(12)15)13(18)17-9-14(4-5-14)6-7-16/h2-3,8H,4-7,9H2,1H3,(H,17,18). The number of halogens is 2. The lowest BCUT2D eigenvalue weighted by molar-refractivity contribution is 0.0944. The summed E-state index contributed by atoms with van der Waals surface area (Å²) < 4.78 is 5.92. The first-order valence-electron chi connectivity index (χ1n) is 6.28. The lowest BCUT2D eigenvalue weighted by Gasteiger charge is -2.14. The normalized spacial score (nSPS) is 15.9. The Morgan fingerprint density at radius 1 is 1.53 bits per heavy atom. The maximum Gasteiger partial charge on any atom is 0.251 e. The molecule has 3 nitrogen and oxygen atoms in total. The van der Waals surface area contributed by atoms with Gasteiger partial charge in [0.1, 0.15) is 5.75 Å². The molecule has 1 aliphatic rings. The van der Waals surface area contributed by atoms with Gasteiger partial charge >= 0.3 is 0 Å². The first-order chi connectivity index (χ1) is 9.10. The molecule has 19 heavy (non-hydrogen) atoms. The molecule has 0 aliphatic heterocycles. The number of methoxy groups -OCH3 is 1. The molecule has 0 atom stereocenters. The minimum absolute atomic E-state index is 0.0517. The number of ether oxygens (including phenoxy) is 1. The highest BCUT2D eigenvalue weighted by molar-refractivity contribution is 9.10. The largest absolute Gasteiger partial charge is 0.496 e. The van der Waals surface area contributed by atoms with Crippen LogP contribution in [0.3, 0.4) is 0 Å². The molecule has 104 valence electrons. The summed E-state index contributed by atoms with van der Waals surface area (Å²) in [6.07, 6.45) is 3.29. The molecule has 0 spiro atoms. The molecule has 0 radical (unpaired) electrons. The van der Waals surface area contributed by atoms with Gasteiger partial charge in [-0.3, -0.25) is 4.79 Å². The molecule has 1 N–H and O–H groups in total. The Hall–Kier alpha value is -0.740. The molecular formula is C14H17BrClNO2. The van der Waals surface area contributed by atoms with Gasteiger partial charge < -0.3 is 10.1 Å². The van der Waals surface area contributed by atoms with Gasteiger partial charge in [-0.2, -0.15) is 0 Å². The van der Waals surface area contributed by atoms with Crippen molar-refractivity contribution >= 4 is 33.4 Å². The molecule has 1 aromatic carbocycles. The summed E-state index contributed by atoms with van der Waals surface area (Å²) in [6.45, 7) is 0.711. The summed E-state index contributed by atoms with van der Waals surface area (Å²) in [7, 11) is 1.60. The first-order valence-corrected chi connectivity index (χ1v) is 7.61. The fourth-order valence-electron chi connectivity index (χ4n) is 2.07. The van der Waals surface area contributed by atoms with Crippen LogP contribution < -0.4 is 10.1 Å². The van der Waals surface area contributed by atoms with Crippen molar-refractivity contribution in [3.8, 4) is 5.75 Å². The topological polar surface area (TPSA) is 38.3 Å². The second-order valence-electron chi connectivity index (χ2n) is 4.97. The van der Waals surface area contributed by atoms with Crippen LogP contribution in [0.2, 0.25) is 0 Å². The summed E-state index contributed by atoms with van der Waals surface area (Å²) in [6, 6.07) is 5.32. The number of nitrogens with one attached hydrogen (secondary N) is 1. The van der Waals surface area contributed by atoms with Gasteiger partial charge in [-0.15, -0.1) is 11.6 Å². The van der Waals surface area contributed by atoms with Crippen LogP contribution in [-0.2, 0) is 0 Å². The minimum atomic E-state index is -0.0517. The van der Waals surface area contributed by atoms with E-state index in [4.69, 9.17) is 16.3 Å². The second-order valence-corrected chi connectivity index (χ2v) is 6.20. The minimum Gasteiger partial charge on any atom is -0.496 e. The van der Waals surface area contributed by atoms with E-state index < -0.39 is 0 Å². The highest BCUT2D eigenvalue weighted by atomic mass is 79.9. The van der Waals surface area contributed by atoms with Crippen LogP contribution in [0.5, 0.6) is 5.75 Å². The molecule has 0 unspecified atom stereocenters. The fourth-order valence-corrected chi connectivity index (χ4v) is 3.01. The maximum atomic E-state index is 12.1. The summed E-state index contributed by atoms with van der Waals surface area (Å²) in [4.78, 5) is 12.1. The van der Waals surface area contributed by atoms with Crippen molar-refractivity contribution in [2.24, 2.45) is 5.41 Å². The van der Waals surface area contributed by atoms with E-state index in [0.29, 0.717) is 18.0 Å². The second kappa shape index (κ2) is 6.14. The summed E-state index contributed by atoms with van der Waals surface area (Å²) in [5, 5.41) is 2.99. The maximum absolute atomic E-state index is 12.1. The van der Waals surface area contributed by atoms with Crippen LogP contribution in [-0.4, -0.2) is 25.4 Å². The first kappa shape index (κ1) is 14.7. The van der Waals surface area contributed by atoms with Gasteiger partial charge in [0.05, 0.1) is 11.6 Å². The molecule has 1 aromatic rings. The number of carbonyl (C=O) groups excluding carboxylic acids is 1. The van der Waals surface area contributed by atoms with E-state index in [1.54, 1.807) is 25.3 Å². The molecule has 1 amide bonds. The van der Waals surface area contributed by atoms with Crippen LogP contribution >= 0.6 is 27.5 Å². The molecule has 1 fully saturated rings. The zero-order chi connectivity index (χ0) is 13.9. The van der Waals surface area contributed by atoms with E-state index in [-0.39, 0.29) is 11.3 Å². The molecule has 0 saturated heterocycles. The van der Waals surface area contributed by atoms with Gasteiger partial charge in [0.15, 0.2) is 0 Å². The Kier molecular flexibility index (Phi) is 4.74. The van der Waals surface area contributed by atoms with Crippen molar-refractivity contribution in [2.45, 2.75) is 19.3 Å². The molecule has 0 aromatic heterocycles. The Bertz CT molecular complexity index is 475. The van der Waals surface area contributed by atoms with Crippen LogP contribution in [0.1, 0.15) is 29.6 Å². The van der Waals surface area contributed by atoms with Gasteiger partial charge in [0.2, 0.25) is 0 Å². The molecule has 5 heteroatoms. The predicted molar refractivity (Wildman–Crippen MR) is 80.0 cm³/mol. The average molecular weight is 347 g/mol. The number of rotatable bonds is 6. The molecule has 1 aliphatic carbocycles. The molecule has 0 bridgehead atoms. The average Bonchev–Trinajstić information content (AvgIpc) is 3.16. The number of benzene rings is 1. The van der Waals surface area contributed by atoms with Crippen LogP contribution in [0.15, 0.2) is 22.7 Å². The van der Waals surface area contributed by atoms with Crippen LogP contribution in [0.25, 0.3) is 0 Å². The highest BCUT2D eigenvalue weighted by Gasteiger charge is 2.41. The third-order valence-corrected chi connectivity index (χ3v) is 4.43. The van der Waals surface area contributed by atoms with Gasteiger partial charge in [0, 0.05) is 18.0 Å². The number of hydrogen-bond donors (Lipinski definition) is 1. The summed E-state index contributed by atoms with van der Waals surface area (Å²) in [5.74, 6) is 1.32. The summed E-state index contributed by atoms with van der Waals surface area (Å²) in [5.41, 5.74) is 0.885. The summed E-state index contributed by atoms with van der Waals surface area (Å²) >= 11 is 9.16. The van der Waals surface area contributed by atoms with Crippen molar-refractivity contribution in [3.05, 3.63) is 28.2 Å². The number of hydrogen-bond acceptors (Lipinski definition) is 2. The van der Waals surface area contributed by atoms with E-state index in [2.05, 4.69) is 21.2 Å². The van der Waals surface area contributed by atoms with Gasteiger partial charge in [-0.25, -0.2) is 0 Å². The predicted octanol–water partition coefficient (Wildman–Crippen LogP) is 3.60. The monoisotopic (exact) mass is 345 g/mol.